The molecule has 0 unspecified atom stereocenters. The monoisotopic (exact) mass is 519 g/mol. The van der Waals surface area contributed by atoms with Crippen LogP contribution >= 0.6 is 0 Å². The summed E-state index contributed by atoms with van der Waals surface area (Å²) >= 11 is 0. The average molecular weight is 520 g/mol. The maximum absolute atomic E-state index is 15.2. The molecule has 3 aromatic heterocycles. The number of nitrogens with one attached hydrogen (secondary N) is 3. The summed E-state index contributed by atoms with van der Waals surface area (Å²) in [6.45, 7) is 9.66. The minimum atomic E-state index is -0.731. The molecule has 2 aliphatic carbocycles. The molecule has 0 aliphatic heterocycles. The molecule has 0 saturated heterocycles. The first-order valence-corrected chi connectivity index (χ1v) is 13.3. The number of nitrogens with zero attached hydrogens (tertiary/aromatic N) is 3. The van der Waals surface area contributed by atoms with Gasteiger partial charge in [0.25, 0.3) is 17.7 Å². The van der Waals surface area contributed by atoms with Gasteiger partial charge in [-0.05, 0) is 102 Å². The van der Waals surface area contributed by atoms with Gasteiger partial charge < -0.3 is 5.32 Å². The molecule has 38 heavy (non-hydrogen) atoms. The Hall–Kier alpha value is -3.62. The van der Waals surface area contributed by atoms with Crippen LogP contribution in [0, 0.1) is 37.5 Å². The Morgan fingerprint density at radius 1 is 1.08 bits per heavy atom. The Morgan fingerprint density at radius 2 is 1.76 bits per heavy atom. The summed E-state index contributed by atoms with van der Waals surface area (Å²) in [5, 5.41) is 10.2. The number of aromatic nitrogens is 4. The number of aryl methyl sites for hydroxylation is 2. The number of rotatable bonds is 8. The fraction of sp³-hybridized carbons (Fsp3) is 0.483. The molecule has 8 nitrogen and oxygen atoms in total. The Labute approximate surface area is 222 Å². The minimum Gasteiger partial charge on any atom is -0.337 e. The molecule has 0 aromatic carbocycles. The van der Waals surface area contributed by atoms with Crippen LogP contribution in [0.3, 0.4) is 0 Å². The second kappa shape index (κ2) is 9.93. The van der Waals surface area contributed by atoms with E-state index in [1.165, 1.54) is 0 Å². The second-order valence-corrected chi connectivity index (χ2v) is 11.7. The third-order valence-corrected chi connectivity index (χ3v) is 7.47. The minimum absolute atomic E-state index is 0.0510. The largest absolute Gasteiger partial charge is 0.337 e. The smallest absolute Gasteiger partial charge is 0.330 e. The van der Waals surface area contributed by atoms with Crippen LogP contribution in [0.1, 0.15) is 68.2 Å². The number of anilines is 1. The lowest BCUT2D eigenvalue weighted by atomic mass is 9.88. The maximum atomic E-state index is 15.2. The van der Waals surface area contributed by atoms with E-state index in [1.54, 1.807) is 35.3 Å². The van der Waals surface area contributed by atoms with Crippen molar-refractivity contribution >= 4 is 17.6 Å². The molecule has 0 bridgehead atoms. The fourth-order valence-electron chi connectivity index (χ4n) is 5.32. The van der Waals surface area contributed by atoms with E-state index in [4.69, 9.17) is 0 Å². The standard InChI is InChI=1S/C29H35FN6O2/c1-16-14-21(17(2)31-15-16)20-10-11-23(33-26(20)30)34-28(38)25(24(18-6-7-18)19-8-9-19)35-27(37)22-12-13-32-36(22)29(3,4)5/h10-15,18-19,24-25H,6-9H2,1-5H3,(H,35,37)(H,33,34,38)/p+1/t25-/m0/s1. The molecular weight excluding hydrogens is 483 g/mol. The highest BCUT2D eigenvalue weighted by Gasteiger charge is 2.49. The number of carbonyl (C=O) groups excluding carboxylic acids is 2. The highest BCUT2D eigenvalue weighted by atomic mass is 19.1. The molecule has 2 fully saturated rings. The fourth-order valence-corrected chi connectivity index (χ4v) is 5.32. The van der Waals surface area contributed by atoms with Crippen molar-refractivity contribution in [2.24, 2.45) is 17.8 Å². The van der Waals surface area contributed by atoms with Gasteiger partial charge in [0.15, 0.2) is 0 Å². The quantitative estimate of drug-likeness (QED) is 0.430. The number of pyridine rings is 2. The Kier molecular flexibility index (Phi) is 6.79. The van der Waals surface area contributed by atoms with Crippen molar-refractivity contribution in [3.8, 4) is 11.1 Å². The van der Waals surface area contributed by atoms with Crippen molar-refractivity contribution in [3.05, 3.63) is 59.6 Å². The van der Waals surface area contributed by atoms with Crippen LogP contribution < -0.4 is 15.6 Å². The summed E-state index contributed by atoms with van der Waals surface area (Å²) in [5.74, 6) is -0.141. The lowest BCUT2D eigenvalue weighted by Gasteiger charge is -2.27. The van der Waals surface area contributed by atoms with E-state index in [0.717, 1.165) is 31.2 Å². The van der Waals surface area contributed by atoms with Crippen LogP contribution in [-0.4, -0.2) is 32.6 Å². The zero-order chi connectivity index (χ0) is 27.2. The third kappa shape index (κ3) is 5.47. The summed E-state index contributed by atoms with van der Waals surface area (Å²) in [7, 11) is 0. The molecule has 5 rings (SSSR count). The number of hydrogen-bond acceptors (Lipinski definition) is 4. The first-order chi connectivity index (χ1) is 18.0. The van der Waals surface area contributed by atoms with Crippen LogP contribution in [0.2, 0.25) is 0 Å². The molecule has 3 aromatic rings. The molecule has 0 spiro atoms. The number of H-pyrrole nitrogens is 1. The van der Waals surface area contributed by atoms with E-state index in [2.05, 4.69) is 25.7 Å². The van der Waals surface area contributed by atoms with E-state index < -0.39 is 12.0 Å². The van der Waals surface area contributed by atoms with Gasteiger partial charge in [0.2, 0.25) is 0 Å². The van der Waals surface area contributed by atoms with E-state index in [9.17, 15) is 9.59 Å². The molecule has 2 amide bonds. The number of aromatic amines is 1. The zero-order valence-corrected chi connectivity index (χ0v) is 22.6. The van der Waals surface area contributed by atoms with E-state index in [0.29, 0.717) is 34.4 Å². The van der Waals surface area contributed by atoms with Gasteiger partial charge in [0.05, 0.1) is 11.1 Å². The second-order valence-electron chi connectivity index (χ2n) is 11.7. The normalized spacial score (nSPS) is 16.4. The van der Waals surface area contributed by atoms with Gasteiger partial charge in [-0.25, -0.2) is 15.1 Å². The first-order valence-electron chi connectivity index (χ1n) is 13.3. The summed E-state index contributed by atoms with van der Waals surface area (Å²) in [6.07, 6.45) is 7.56. The summed E-state index contributed by atoms with van der Waals surface area (Å²) in [4.78, 5) is 34.1. The Morgan fingerprint density at radius 3 is 2.37 bits per heavy atom. The lowest BCUT2D eigenvalue weighted by Crippen LogP contribution is -2.51. The number of hydrogen-bond donors (Lipinski definition) is 2. The topological polar surface area (TPSA) is 103 Å². The van der Waals surface area contributed by atoms with Crippen molar-refractivity contribution in [2.75, 3.05) is 5.32 Å². The van der Waals surface area contributed by atoms with Crippen molar-refractivity contribution in [2.45, 2.75) is 71.9 Å². The molecular formula is C29H36FN6O2+. The molecule has 1 atom stereocenters. The molecule has 9 heteroatoms. The van der Waals surface area contributed by atoms with Gasteiger partial charge in [-0.2, -0.15) is 9.49 Å². The summed E-state index contributed by atoms with van der Waals surface area (Å²) in [6, 6.07) is 6.11. The molecule has 2 saturated carbocycles. The van der Waals surface area contributed by atoms with Gasteiger partial charge >= 0.3 is 5.91 Å². The Bertz CT molecular complexity index is 1360. The Balaban J connectivity index is 1.40. The first kappa shape index (κ1) is 26.0. The van der Waals surface area contributed by atoms with Gasteiger partial charge in [0, 0.05) is 29.7 Å². The lowest BCUT2D eigenvalue weighted by molar-refractivity contribution is -0.404. The van der Waals surface area contributed by atoms with Crippen LogP contribution in [0.5, 0.6) is 0 Å². The molecule has 3 N–H and O–H groups in total. The number of amides is 2. The van der Waals surface area contributed by atoms with Crippen LogP contribution in [0.15, 0.2) is 36.7 Å². The predicted molar refractivity (Wildman–Crippen MR) is 142 cm³/mol. The molecule has 2 aliphatic rings. The van der Waals surface area contributed by atoms with Crippen molar-refractivity contribution in [1.82, 2.24) is 20.1 Å². The van der Waals surface area contributed by atoms with Crippen LogP contribution in [-0.2, 0) is 10.3 Å². The maximum Gasteiger partial charge on any atom is 0.330 e. The molecule has 0 radical (unpaired) electrons. The van der Waals surface area contributed by atoms with E-state index in [1.807, 2.05) is 40.7 Å². The summed E-state index contributed by atoms with van der Waals surface area (Å²) < 4.78 is 16.8. The van der Waals surface area contributed by atoms with E-state index >= 15 is 4.39 Å². The SMILES string of the molecule is Cc1cnc(C)c(-c2ccc(NC(=O)[C@@H](NC(=O)c3ccnn3C(C)(C)C)C(C3CC3)C3CC3)[nH+]c2F)c1. The van der Waals surface area contributed by atoms with Gasteiger partial charge in [-0.1, -0.05) is 0 Å². The third-order valence-electron chi connectivity index (χ3n) is 7.47. The van der Waals surface area contributed by atoms with Crippen LogP contribution in [0.4, 0.5) is 10.2 Å². The van der Waals surface area contributed by atoms with Gasteiger partial charge in [-0.3, -0.25) is 14.5 Å². The average Bonchev–Trinajstić information content (AvgIpc) is 3.79. The van der Waals surface area contributed by atoms with Crippen molar-refractivity contribution in [3.63, 3.8) is 0 Å². The zero-order valence-electron chi connectivity index (χ0n) is 22.6. The van der Waals surface area contributed by atoms with Crippen molar-refractivity contribution < 1.29 is 19.0 Å². The molecule has 200 valence electrons. The van der Waals surface area contributed by atoms with Gasteiger partial charge in [0.1, 0.15) is 11.7 Å². The summed E-state index contributed by atoms with van der Waals surface area (Å²) in [5.41, 5.74) is 2.74. The highest BCUT2D eigenvalue weighted by Crippen LogP contribution is 2.51. The highest BCUT2D eigenvalue weighted by molar-refractivity contribution is 6.00. The van der Waals surface area contributed by atoms with Crippen LogP contribution in [0.25, 0.3) is 11.1 Å². The number of halogens is 1. The predicted octanol–water partition coefficient (Wildman–Crippen LogP) is 4.44. The number of carbonyl (C=O) groups is 2. The molecule has 3 heterocycles. The van der Waals surface area contributed by atoms with Gasteiger partial charge in [-0.15, -0.1) is 0 Å². The van der Waals surface area contributed by atoms with Crippen molar-refractivity contribution in [1.29, 1.82) is 0 Å². The van der Waals surface area contributed by atoms with E-state index in [-0.39, 0.29) is 29.1 Å².